The summed E-state index contributed by atoms with van der Waals surface area (Å²) < 4.78 is 31.8. The topological polar surface area (TPSA) is 27.1 Å². The molecule has 0 saturated heterocycles. The molecule has 0 aliphatic heterocycles. The molecule has 86 valence electrons. The molecule has 0 radical (unpaired) electrons. The lowest BCUT2D eigenvalue weighted by molar-refractivity contribution is 0.143. The van der Waals surface area contributed by atoms with Crippen molar-refractivity contribution >= 4 is 0 Å². The van der Waals surface area contributed by atoms with Crippen LogP contribution in [0.25, 0.3) is 0 Å². The summed E-state index contributed by atoms with van der Waals surface area (Å²) in [5.41, 5.74) is -0.173. The van der Waals surface area contributed by atoms with Gasteiger partial charge in [-0.3, -0.25) is 0 Å². The molecule has 0 atom stereocenters. The summed E-state index contributed by atoms with van der Waals surface area (Å²) in [7, 11) is 1.46. The van der Waals surface area contributed by atoms with Gasteiger partial charge in [0.15, 0.2) is 0 Å². The molecule has 0 aromatic carbocycles. The van der Waals surface area contributed by atoms with Gasteiger partial charge in [-0.2, -0.15) is 5.10 Å². The minimum absolute atomic E-state index is 0.207. The van der Waals surface area contributed by atoms with Gasteiger partial charge in [0.2, 0.25) is 5.88 Å². The van der Waals surface area contributed by atoms with Gasteiger partial charge in [0, 0.05) is 5.56 Å². The smallest absolute Gasteiger partial charge is 0.282 e. The molecule has 1 aromatic heterocycles. The molecule has 0 aliphatic carbocycles. The summed E-state index contributed by atoms with van der Waals surface area (Å²) in [6.45, 7) is 7.25. The number of hydrogen-bond donors (Lipinski definition) is 0. The van der Waals surface area contributed by atoms with E-state index in [2.05, 4.69) is 5.10 Å². The van der Waals surface area contributed by atoms with E-state index in [0.29, 0.717) is 11.4 Å². The van der Waals surface area contributed by atoms with E-state index in [4.69, 9.17) is 4.74 Å². The molecule has 0 saturated carbocycles. The fourth-order valence-electron chi connectivity index (χ4n) is 1.40. The van der Waals surface area contributed by atoms with Crippen LogP contribution in [0.1, 0.15) is 38.5 Å². The van der Waals surface area contributed by atoms with Crippen molar-refractivity contribution in [1.82, 2.24) is 9.78 Å². The number of halogens is 2. The van der Waals surface area contributed by atoms with E-state index in [1.165, 1.54) is 11.8 Å². The van der Waals surface area contributed by atoms with Crippen LogP contribution in [-0.4, -0.2) is 16.9 Å². The average Bonchev–Trinajstić information content (AvgIpc) is 2.41. The molecule has 0 fully saturated rings. The highest BCUT2D eigenvalue weighted by Crippen LogP contribution is 2.32. The monoisotopic (exact) mass is 218 g/mol. The Morgan fingerprint density at radius 2 is 1.87 bits per heavy atom. The second-order valence-electron chi connectivity index (χ2n) is 4.40. The van der Waals surface area contributed by atoms with E-state index >= 15 is 0 Å². The number of rotatable bonds is 2. The Kier molecular flexibility index (Phi) is 3.02. The first-order chi connectivity index (χ1) is 6.79. The molecule has 15 heavy (non-hydrogen) atoms. The molecular weight excluding hydrogens is 202 g/mol. The Bertz CT molecular complexity index is 353. The molecule has 0 bridgehead atoms. The van der Waals surface area contributed by atoms with Crippen LogP contribution in [0, 0.1) is 6.92 Å². The summed E-state index contributed by atoms with van der Waals surface area (Å²) in [6.07, 6.45) is -2.57. The lowest BCUT2D eigenvalue weighted by Crippen LogP contribution is -2.24. The highest BCUT2D eigenvalue weighted by atomic mass is 19.3. The molecule has 1 heterocycles. The third-order valence-corrected chi connectivity index (χ3v) is 2.14. The lowest BCUT2D eigenvalue weighted by atomic mass is 10.1. The molecular formula is C10H16F2N2O. The molecule has 0 spiro atoms. The van der Waals surface area contributed by atoms with E-state index < -0.39 is 6.43 Å². The average molecular weight is 218 g/mol. The van der Waals surface area contributed by atoms with Crippen LogP contribution in [0.4, 0.5) is 8.78 Å². The zero-order chi connectivity index (χ0) is 11.8. The lowest BCUT2D eigenvalue weighted by Gasteiger charge is -2.21. The maximum absolute atomic E-state index is 12.6. The van der Waals surface area contributed by atoms with Crippen molar-refractivity contribution in [2.24, 2.45) is 0 Å². The van der Waals surface area contributed by atoms with Crippen molar-refractivity contribution in [3.63, 3.8) is 0 Å². The maximum Gasteiger partial charge on any atom is 0.282 e. The third kappa shape index (κ3) is 2.11. The number of nitrogens with zero attached hydrogens (tertiary/aromatic N) is 2. The predicted octanol–water partition coefficient (Wildman–Crippen LogP) is 2.89. The SMILES string of the molecule is COc1c(C)c(C(F)F)nn1C(C)(C)C. The third-order valence-electron chi connectivity index (χ3n) is 2.14. The summed E-state index contributed by atoms with van der Waals surface area (Å²) >= 11 is 0. The van der Waals surface area contributed by atoms with Crippen LogP contribution in [0.15, 0.2) is 0 Å². The fraction of sp³-hybridized carbons (Fsp3) is 0.700. The first-order valence-electron chi connectivity index (χ1n) is 4.71. The Hall–Kier alpha value is -1.13. The zero-order valence-corrected chi connectivity index (χ0v) is 9.64. The minimum Gasteiger partial charge on any atom is -0.481 e. The Labute approximate surface area is 88.0 Å². The van der Waals surface area contributed by atoms with Crippen LogP contribution < -0.4 is 4.74 Å². The maximum atomic E-state index is 12.6. The van der Waals surface area contributed by atoms with Crippen LogP contribution in [0.2, 0.25) is 0 Å². The van der Waals surface area contributed by atoms with Crippen molar-refractivity contribution < 1.29 is 13.5 Å². The largest absolute Gasteiger partial charge is 0.481 e. The standard InChI is InChI=1S/C10H16F2N2O/c1-6-7(8(11)12)13-14(9(6)15-5)10(2,3)4/h8H,1-5H3. The summed E-state index contributed by atoms with van der Waals surface area (Å²) in [6, 6.07) is 0. The minimum atomic E-state index is -2.57. The van der Waals surface area contributed by atoms with Crippen molar-refractivity contribution in [1.29, 1.82) is 0 Å². The fourth-order valence-corrected chi connectivity index (χ4v) is 1.40. The molecule has 3 nitrogen and oxygen atoms in total. The van der Waals surface area contributed by atoms with Gasteiger partial charge < -0.3 is 4.74 Å². The van der Waals surface area contributed by atoms with Gasteiger partial charge in [0.1, 0.15) is 5.69 Å². The summed E-state index contributed by atoms with van der Waals surface area (Å²) in [5.74, 6) is 0.401. The van der Waals surface area contributed by atoms with Crippen molar-refractivity contribution in [2.75, 3.05) is 7.11 Å². The summed E-state index contributed by atoms with van der Waals surface area (Å²) in [5, 5.41) is 3.89. The van der Waals surface area contributed by atoms with E-state index in [0.717, 1.165) is 0 Å². The Morgan fingerprint density at radius 1 is 1.33 bits per heavy atom. The molecule has 0 aliphatic rings. The second kappa shape index (κ2) is 3.79. The van der Waals surface area contributed by atoms with E-state index in [-0.39, 0.29) is 11.2 Å². The highest BCUT2D eigenvalue weighted by Gasteiger charge is 2.27. The molecule has 1 aromatic rings. The van der Waals surface area contributed by atoms with Gasteiger partial charge >= 0.3 is 0 Å². The van der Waals surface area contributed by atoms with Crippen LogP contribution in [0.3, 0.4) is 0 Å². The number of alkyl halides is 2. The quantitative estimate of drug-likeness (QED) is 0.763. The predicted molar refractivity (Wildman–Crippen MR) is 53.5 cm³/mol. The molecule has 0 amide bonds. The van der Waals surface area contributed by atoms with Crippen molar-refractivity contribution in [3.05, 3.63) is 11.3 Å². The Morgan fingerprint density at radius 3 is 2.13 bits per heavy atom. The molecule has 0 unspecified atom stereocenters. The first kappa shape index (κ1) is 11.9. The van der Waals surface area contributed by atoms with Gasteiger partial charge in [-0.25, -0.2) is 13.5 Å². The van der Waals surface area contributed by atoms with Gasteiger partial charge in [0.25, 0.3) is 6.43 Å². The van der Waals surface area contributed by atoms with Crippen LogP contribution >= 0.6 is 0 Å². The van der Waals surface area contributed by atoms with E-state index in [1.54, 1.807) is 6.92 Å². The highest BCUT2D eigenvalue weighted by molar-refractivity contribution is 5.31. The zero-order valence-electron chi connectivity index (χ0n) is 9.64. The van der Waals surface area contributed by atoms with E-state index in [1.807, 2.05) is 20.8 Å². The van der Waals surface area contributed by atoms with Crippen LogP contribution in [0.5, 0.6) is 5.88 Å². The first-order valence-corrected chi connectivity index (χ1v) is 4.71. The van der Waals surface area contributed by atoms with Gasteiger partial charge in [-0.1, -0.05) is 0 Å². The molecule has 0 N–H and O–H groups in total. The number of hydrogen-bond acceptors (Lipinski definition) is 2. The van der Waals surface area contributed by atoms with Gasteiger partial charge in [-0.05, 0) is 27.7 Å². The molecule has 5 heteroatoms. The number of aromatic nitrogens is 2. The van der Waals surface area contributed by atoms with Gasteiger partial charge in [0.05, 0.1) is 12.6 Å². The van der Waals surface area contributed by atoms with Crippen molar-refractivity contribution in [3.8, 4) is 5.88 Å². The Balaban J connectivity index is 3.35. The van der Waals surface area contributed by atoms with Crippen molar-refractivity contribution in [2.45, 2.75) is 39.7 Å². The number of methoxy groups -OCH3 is 1. The second-order valence-corrected chi connectivity index (χ2v) is 4.40. The van der Waals surface area contributed by atoms with Gasteiger partial charge in [-0.15, -0.1) is 0 Å². The van der Waals surface area contributed by atoms with Crippen LogP contribution in [-0.2, 0) is 5.54 Å². The molecule has 1 rings (SSSR count). The van der Waals surface area contributed by atoms with E-state index in [9.17, 15) is 8.78 Å². The summed E-state index contributed by atoms with van der Waals surface area (Å²) in [4.78, 5) is 0. The number of ether oxygens (including phenoxy) is 1. The normalized spacial score (nSPS) is 12.3.